The lowest BCUT2D eigenvalue weighted by atomic mass is 9.97. The van der Waals surface area contributed by atoms with E-state index < -0.39 is 0 Å². The smallest absolute Gasteiger partial charge is 0.143 e. The van der Waals surface area contributed by atoms with Gasteiger partial charge in [-0.2, -0.15) is 0 Å². The Kier molecular flexibility index (Phi) is 5.67. The van der Waals surface area contributed by atoms with E-state index in [2.05, 4.69) is 26.0 Å². The molecule has 6 heteroatoms. The Morgan fingerprint density at radius 2 is 2.20 bits per heavy atom. The van der Waals surface area contributed by atoms with Crippen molar-refractivity contribution in [2.75, 3.05) is 26.2 Å². The van der Waals surface area contributed by atoms with Gasteiger partial charge >= 0.3 is 0 Å². The maximum absolute atomic E-state index is 8.74. The van der Waals surface area contributed by atoms with Crippen LogP contribution < -0.4 is 10.5 Å². The lowest BCUT2D eigenvalue weighted by Gasteiger charge is -2.31. The molecule has 20 heavy (non-hydrogen) atoms. The summed E-state index contributed by atoms with van der Waals surface area (Å²) < 4.78 is 6.76. The lowest BCUT2D eigenvalue weighted by Crippen LogP contribution is -2.42. The van der Waals surface area contributed by atoms with Gasteiger partial charge in [0.15, 0.2) is 0 Å². The first-order valence-corrected chi connectivity index (χ1v) is 7.56. The zero-order valence-corrected chi connectivity index (χ0v) is 12.9. The van der Waals surface area contributed by atoms with E-state index in [0.717, 1.165) is 42.7 Å². The minimum atomic E-state index is 0.154. The van der Waals surface area contributed by atoms with E-state index in [9.17, 15) is 0 Å². The number of nitrogens with zero attached hydrogens (tertiary/aromatic N) is 2. The maximum Gasteiger partial charge on any atom is 0.143 e. The number of oxime groups is 1. The predicted octanol–water partition coefficient (Wildman–Crippen LogP) is 2.29. The maximum atomic E-state index is 8.74. The molecule has 1 aliphatic heterocycles. The molecule has 0 aromatic heterocycles. The molecule has 1 saturated heterocycles. The van der Waals surface area contributed by atoms with Gasteiger partial charge in [0.2, 0.25) is 0 Å². The SMILES string of the molecule is NC(=NO)C1CCCN(CCOc2ccc(Br)cc2)C1. The summed E-state index contributed by atoms with van der Waals surface area (Å²) in [6.45, 7) is 3.37. The number of nitrogens with two attached hydrogens (primary N) is 1. The molecule has 110 valence electrons. The zero-order valence-electron chi connectivity index (χ0n) is 11.3. The van der Waals surface area contributed by atoms with Crippen molar-refractivity contribution in [3.8, 4) is 5.75 Å². The van der Waals surface area contributed by atoms with Crippen molar-refractivity contribution < 1.29 is 9.94 Å². The molecule has 1 aromatic rings. The first-order chi connectivity index (χ1) is 9.69. The Hall–Kier alpha value is -1.27. The van der Waals surface area contributed by atoms with Crippen LogP contribution in [0.2, 0.25) is 0 Å². The number of rotatable bonds is 5. The number of likely N-dealkylation sites (tertiary alicyclic amines) is 1. The van der Waals surface area contributed by atoms with Crippen LogP contribution in [0.25, 0.3) is 0 Å². The molecule has 5 nitrogen and oxygen atoms in total. The van der Waals surface area contributed by atoms with Crippen molar-refractivity contribution in [2.45, 2.75) is 12.8 Å². The third-order valence-electron chi connectivity index (χ3n) is 3.53. The van der Waals surface area contributed by atoms with E-state index in [1.807, 2.05) is 24.3 Å². The number of benzene rings is 1. The average molecular weight is 342 g/mol. The van der Waals surface area contributed by atoms with Gasteiger partial charge in [-0.05, 0) is 43.7 Å². The molecule has 0 amide bonds. The molecular formula is C14H20BrN3O2. The monoisotopic (exact) mass is 341 g/mol. The summed E-state index contributed by atoms with van der Waals surface area (Å²) in [5, 5.41) is 11.9. The number of hydrogen-bond acceptors (Lipinski definition) is 4. The van der Waals surface area contributed by atoms with Crippen molar-refractivity contribution in [1.29, 1.82) is 0 Å². The summed E-state index contributed by atoms with van der Waals surface area (Å²) in [5.74, 6) is 1.36. The molecule has 1 unspecified atom stereocenters. The second kappa shape index (κ2) is 7.50. The van der Waals surface area contributed by atoms with Gasteiger partial charge in [0.05, 0.1) is 0 Å². The van der Waals surface area contributed by atoms with Gasteiger partial charge in [-0.3, -0.25) is 4.90 Å². The normalized spacial score (nSPS) is 20.9. The first-order valence-electron chi connectivity index (χ1n) is 6.77. The van der Waals surface area contributed by atoms with Crippen LogP contribution in [0.15, 0.2) is 33.9 Å². The van der Waals surface area contributed by atoms with Crippen molar-refractivity contribution in [1.82, 2.24) is 4.90 Å². The second-order valence-electron chi connectivity index (χ2n) is 4.97. The summed E-state index contributed by atoms with van der Waals surface area (Å²) in [5.41, 5.74) is 5.68. The van der Waals surface area contributed by atoms with Crippen LogP contribution in [0, 0.1) is 5.92 Å². The van der Waals surface area contributed by atoms with Gasteiger partial charge in [0, 0.05) is 23.5 Å². The number of halogens is 1. The number of hydrogen-bond donors (Lipinski definition) is 2. The van der Waals surface area contributed by atoms with Crippen LogP contribution in [0.5, 0.6) is 5.75 Å². The van der Waals surface area contributed by atoms with Crippen LogP contribution >= 0.6 is 15.9 Å². The largest absolute Gasteiger partial charge is 0.492 e. The van der Waals surface area contributed by atoms with Crippen molar-refractivity contribution >= 4 is 21.8 Å². The van der Waals surface area contributed by atoms with Gasteiger partial charge in [0.1, 0.15) is 18.2 Å². The number of amidine groups is 1. The highest BCUT2D eigenvalue weighted by Crippen LogP contribution is 2.18. The molecule has 1 aliphatic rings. The fourth-order valence-electron chi connectivity index (χ4n) is 2.41. The molecule has 0 aliphatic carbocycles. The van der Waals surface area contributed by atoms with E-state index in [1.165, 1.54) is 0 Å². The predicted molar refractivity (Wildman–Crippen MR) is 82.2 cm³/mol. The van der Waals surface area contributed by atoms with Crippen LogP contribution in [0.1, 0.15) is 12.8 Å². The minimum Gasteiger partial charge on any atom is -0.492 e. The topological polar surface area (TPSA) is 71.1 Å². The summed E-state index contributed by atoms with van der Waals surface area (Å²) >= 11 is 3.40. The second-order valence-corrected chi connectivity index (χ2v) is 5.88. The molecule has 0 saturated carbocycles. The van der Waals surface area contributed by atoms with Gasteiger partial charge in [-0.15, -0.1) is 0 Å². The molecule has 1 fully saturated rings. The first kappa shape index (κ1) is 15.1. The summed E-state index contributed by atoms with van der Waals surface area (Å²) in [6, 6.07) is 7.81. The Balaban J connectivity index is 1.75. The molecule has 0 bridgehead atoms. The fourth-order valence-corrected chi connectivity index (χ4v) is 2.67. The Morgan fingerprint density at radius 1 is 1.45 bits per heavy atom. The summed E-state index contributed by atoms with van der Waals surface area (Å²) in [4.78, 5) is 2.30. The van der Waals surface area contributed by atoms with Gasteiger partial charge in [-0.25, -0.2) is 0 Å². The molecule has 0 spiro atoms. The standard InChI is InChI=1S/C14H20BrN3O2/c15-12-3-5-13(6-4-12)20-9-8-18-7-1-2-11(10-18)14(16)17-19/h3-6,11,19H,1-2,7-10H2,(H2,16,17). The third-order valence-corrected chi connectivity index (χ3v) is 4.06. The van der Waals surface area contributed by atoms with E-state index in [1.54, 1.807) is 0 Å². The van der Waals surface area contributed by atoms with Crippen LogP contribution in [0.3, 0.4) is 0 Å². The number of ether oxygens (including phenoxy) is 1. The quantitative estimate of drug-likeness (QED) is 0.373. The van der Waals surface area contributed by atoms with Crippen molar-refractivity contribution in [3.05, 3.63) is 28.7 Å². The van der Waals surface area contributed by atoms with E-state index in [0.29, 0.717) is 12.4 Å². The fraction of sp³-hybridized carbons (Fsp3) is 0.500. The summed E-state index contributed by atoms with van der Waals surface area (Å²) in [7, 11) is 0. The molecular weight excluding hydrogens is 322 g/mol. The Labute approximate surface area is 127 Å². The highest BCUT2D eigenvalue weighted by atomic mass is 79.9. The van der Waals surface area contributed by atoms with E-state index in [-0.39, 0.29) is 5.92 Å². The highest BCUT2D eigenvalue weighted by molar-refractivity contribution is 9.10. The van der Waals surface area contributed by atoms with Crippen LogP contribution in [0.4, 0.5) is 0 Å². The van der Waals surface area contributed by atoms with Gasteiger partial charge in [0.25, 0.3) is 0 Å². The summed E-state index contributed by atoms with van der Waals surface area (Å²) in [6.07, 6.45) is 2.05. The number of piperidine rings is 1. The van der Waals surface area contributed by atoms with Gasteiger partial charge in [-0.1, -0.05) is 21.1 Å². The van der Waals surface area contributed by atoms with Gasteiger partial charge < -0.3 is 15.7 Å². The lowest BCUT2D eigenvalue weighted by molar-refractivity contribution is 0.165. The molecule has 1 aromatic carbocycles. The zero-order chi connectivity index (χ0) is 14.4. The van der Waals surface area contributed by atoms with E-state index >= 15 is 0 Å². The third kappa shape index (κ3) is 4.38. The van der Waals surface area contributed by atoms with E-state index in [4.69, 9.17) is 15.7 Å². The van der Waals surface area contributed by atoms with Crippen LogP contribution in [-0.4, -0.2) is 42.2 Å². The van der Waals surface area contributed by atoms with Crippen molar-refractivity contribution in [2.24, 2.45) is 16.8 Å². The molecule has 2 rings (SSSR count). The Bertz CT molecular complexity index is 450. The van der Waals surface area contributed by atoms with Crippen LogP contribution in [-0.2, 0) is 0 Å². The highest BCUT2D eigenvalue weighted by Gasteiger charge is 2.22. The Morgan fingerprint density at radius 3 is 2.90 bits per heavy atom. The molecule has 3 N–H and O–H groups in total. The average Bonchev–Trinajstić information content (AvgIpc) is 2.49. The minimum absolute atomic E-state index is 0.154. The molecule has 1 atom stereocenters. The van der Waals surface area contributed by atoms with Crippen molar-refractivity contribution in [3.63, 3.8) is 0 Å². The molecule has 1 heterocycles. The molecule has 0 radical (unpaired) electrons.